The number of aliphatic hydroxyl groups is 1. The summed E-state index contributed by atoms with van der Waals surface area (Å²) in [5, 5.41) is 12.8. The molecule has 1 spiro atoms. The molecule has 0 radical (unpaired) electrons. The van der Waals surface area contributed by atoms with E-state index in [0.29, 0.717) is 0 Å². The molecule has 1 saturated heterocycles. The van der Waals surface area contributed by atoms with E-state index in [9.17, 15) is 5.11 Å². The highest BCUT2D eigenvalue weighted by molar-refractivity contribution is 5.38. The van der Waals surface area contributed by atoms with Gasteiger partial charge in [-0.1, -0.05) is 43.5 Å². The van der Waals surface area contributed by atoms with E-state index < -0.39 is 6.10 Å². The Hall–Kier alpha value is -0.900. The Morgan fingerprint density at radius 1 is 1.12 bits per heavy atom. The average Bonchev–Trinajstić information content (AvgIpc) is 3.19. The second-order valence-corrected chi connectivity index (χ2v) is 5.48. The van der Waals surface area contributed by atoms with Crippen LogP contribution >= 0.6 is 0 Å². The van der Waals surface area contributed by atoms with Crippen LogP contribution in [0.2, 0.25) is 0 Å². The third-order valence-corrected chi connectivity index (χ3v) is 4.60. The molecule has 2 heterocycles. The quantitative estimate of drug-likeness (QED) is 0.697. The fourth-order valence-electron chi connectivity index (χ4n) is 3.65. The first-order valence-electron chi connectivity index (χ1n) is 6.56. The van der Waals surface area contributed by atoms with Crippen molar-refractivity contribution in [3.63, 3.8) is 0 Å². The largest absolute Gasteiger partial charge is 0.386 e. The van der Waals surface area contributed by atoms with E-state index in [-0.39, 0.29) is 11.8 Å². The molecular formula is C14H17NO2. The lowest BCUT2D eigenvalue weighted by Gasteiger charge is -2.43. The maximum absolute atomic E-state index is 10.7. The van der Waals surface area contributed by atoms with Gasteiger partial charge >= 0.3 is 0 Å². The third-order valence-electron chi connectivity index (χ3n) is 4.60. The Labute approximate surface area is 101 Å². The third kappa shape index (κ3) is 1.22. The highest BCUT2D eigenvalue weighted by atomic mass is 16.8. The standard InChI is InChI=1S/C14H17NO2/c16-12-10-6-2-3-7-11(10)13-15(17-13)14(12)8-4-1-5-9-14/h2-3,6-7,12-13,16H,1,4-5,8-9H2/t12-,13-,15?/m1/s1. The second kappa shape index (κ2) is 3.31. The van der Waals surface area contributed by atoms with E-state index in [1.54, 1.807) is 0 Å². The number of nitrogens with zero attached hydrogens (tertiary/aromatic N) is 1. The van der Waals surface area contributed by atoms with Gasteiger partial charge in [0.1, 0.15) is 6.10 Å². The van der Waals surface area contributed by atoms with Crippen LogP contribution in [0.15, 0.2) is 24.3 Å². The van der Waals surface area contributed by atoms with E-state index in [1.165, 1.54) is 19.3 Å². The Morgan fingerprint density at radius 3 is 2.59 bits per heavy atom. The van der Waals surface area contributed by atoms with Crippen molar-refractivity contribution in [1.82, 2.24) is 5.06 Å². The van der Waals surface area contributed by atoms with Crippen LogP contribution in [0, 0.1) is 0 Å². The molecule has 1 saturated carbocycles. The Morgan fingerprint density at radius 2 is 1.82 bits per heavy atom. The van der Waals surface area contributed by atoms with Crippen LogP contribution in [-0.4, -0.2) is 15.7 Å². The van der Waals surface area contributed by atoms with E-state index >= 15 is 0 Å². The van der Waals surface area contributed by atoms with Crippen molar-refractivity contribution in [2.24, 2.45) is 0 Å². The molecule has 2 aliphatic heterocycles. The van der Waals surface area contributed by atoms with Crippen LogP contribution in [0.3, 0.4) is 0 Å². The van der Waals surface area contributed by atoms with Gasteiger partial charge in [-0.3, -0.25) is 4.84 Å². The summed E-state index contributed by atoms with van der Waals surface area (Å²) < 4.78 is 0. The molecule has 90 valence electrons. The van der Waals surface area contributed by atoms with Crippen LogP contribution in [0.4, 0.5) is 0 Å². The summed E-state index contributed by atoms with van der Waals surface area (Å²) in [6.07, 6.45) is 5.51. The van der Waals surface area contributed by atoms with Crippen molar-refractivity contribution in [2.75, 3.05) is 0 Å². The van der Waals surface area contributed by atoms with Gasteiger partial charge in [-0.05, 0) is 18.4 Å². The first kappa shape index (κ1) is 10.1. The maximum Gasteiger partial charge on any atom is 0.181 e. The fraction of sp³-hybridized carbons (Fsp3) is 0.571. The van der Waals surface area contributed by atoms with Crippen molar-refractivity contribution in [2.45, 2.75) is 50.0 Å². The maximum atomic E-state index is 10.7. The van der Waals surface area contributed by atoms with Gasteiger partial charge in [-0.2, -0.15) is 0 Å². The van der Waals surface area contributed by atoms with Crippen molar-refractivity contribution >= 4 is 0 Å². The molecule has 3 aliphatic rings. The summed E-state index contributed by atoms with van der Waals surface area (Å²) in [6.45, 7) is 0. The minimum absolute atomic E-state index is 0.104. The van der Waals surface area contributed by atoms with Crippen LogP contribution < -0.4 is 0 Å². The van der Waals surface area contributed by atoms with E-state index in [2.05, 4.69) is 17.2 Å². The highest BCUT2D eigenvalue weighted by Crippen LogP contribution is 2.59. The number of benzene rings is 1. The van der Waals surface area contributed by atoms with Gasteiger partial charge in [-0.15, -0.1) is 5.06 Å². The van der Waals surface area contributed by atoms with Gasteiger partial charge in [0.15, 0.2) is 6.23 Å². The molecule has 1 aromatic rings. The molecule has 3 nitrogen and oxygen atoms in total. The minimum Gasteiger partial charge on any atom is -0.386 e. The molecule has 17 heavy (non-hydrogen) atoms. The van der Waals surface area contributed by atoms with Crippen molar-refractivity contribution in [3.8, 4) is 0 Å². The van der Waals surface area contributed by atoms with Gasteiger partial charge < -0.3 is 5.11 Å². The minimum atomic E-state index is -0.391. The first-order chi connectivity index (χ1) is 8.33. The number of fused-ring (bicyclic) bond motifs is 4. The van der Waals surface area contributed by atoms with Gasteiger partial charge in [0.05, 0.1) is 5.54 Å². The monoisotopic (exact) mass is 231 g/mol. The van der Waals surface area contributed by atoms with Crippen LogP contribution in [-0.2, 0) is 4.84 Å². The number of aliphatic hydroxyl groups excluding tert-OH is 1. The fourth-order valence-corrected chi connectivity index (χ4v) is 3.65. The summed E-state index contributed by atoms with van der Waals surface area (Å²) in [7, 11) is 0. The SMILES string of the molecule is O[C@@H]1c2ccccc2[C@H]2ON2C12CCCCC2. The second-order valence-electron chi connectivity index (χ2n) is 5.48. The molecular weight excluding hydrogens is 214 g/mol. The lowest BCUT2D eigenvalue weighted by atomic mass is 9.72. The normalized spacial score (nSPS) is 37.4. The Balaban J connectivity index is 1.82. The van der Waals surface area contributed by atoms with Crippen LogP contribution in [0.25, 0.3) is 0 Å². The molecule has 0 bridgehead atoms. The molecule has 1 unspecified atom stereocenters. The van der Waals surface area contributed by atoms with E-state index in [0.717, 1.165) is 24.0 Å². The van der Waals surface area contributed by atoms with E-state index in [1.807, 2.05) is 12.1 Å². The lowest BCUT2D eigenvalue weighted by molar-refractivity contribution is -0.0681. The summed E-state index contributed by atoms with van der Waals surface area (Å²) >= 11 is 0. The average molecular weight is 231 g/mol. The molecule has 0 aromatic heterocycles. The molecule has 4 rings (SSSR count). The highest BCUT2D eigenvalue weighted by Gasteiger charge is 2.61. The van der Waals surface area contributed by atoms with Crippen molar-refractivity contribution < 1.29 is 9.94 Å². The molecule has 0 amide bonds. The zero-order valence-corrected chi connectivity index (χ0v) is 9.80. The molecule has 2 fully saturated rings. The van der Waals surface area contributed by atoms with Gasteiger partial charge in [0.2, 0.25) is 0 Å². The first-order valence-corrected chi connectivity index (χ1v) is 6.56. The van der Waals surface area contributed by atoms with E-state index in [4.69, 9.17) is 4.84 Å². The smallest absolute Gasteiger partial charge is 0.181 e. The zero-order chi connectivity index (χ0) is 11.5. The summed E-state index contributed by atoms with van der Waals surface area (Å²) in [5.41, 5.74) is 2.08. The van der Waals surface area contributed by atoms with Crippen molar-refractivity contribution in [3.05, 3.63) is 35.4 Å². The number of hydrogen-bond acceptors (Lipinski definition) is 3. The van der Waals surface area contributed by atoms with Gasteiger partial charge in [0, 0.05) is 5.56 Å². The molecule has 1 aromatic carbocycles. The van der Waals surface area contributed by atoms with Gasteiger partial charge in [0.25, 0.3) is 0 Å². The molecule has 1 aliphatic carbocycles. The van der Waals surface area contributed by atoms with Crippen LogP contribution in [0.5, 0.6) is 0 Å². The Kier molecular flexibility index (Phi) is 1.96. The molecule has 1 N–H and O–H groups in total. The predicted octanol–water partition coefficient (Wildman–Crippen LogP) is 2.68. The predicted molar refractivity (Wildman–Crippen MR) is 62.9 cm³/mol. The lowest BCUT2D eigenvalue weighted by Crippen LogP contribution is -2.48. The zero-order valence-electron chi connectivity index (χ0n) is 9.80. The van der Waals surface area contributed by atoms with Crippen LogP contribution in [0.1, 0.15) is 55.6 Å². The number of hydroxylamine groups is 2. The molecule has 3 atom stereocenters. The van der Waals surface area contributed by atoms with Crippen molar-refractivity contribution in [1.29, 1.82) is 0 Å². The van der Waals surface area contributed by atoms with Gasteiger partial charge in [-0.25, -0.2) is 0 Å². The number of rotatable bonds is 0. The molecule has 3 heteroatoms. The number of hydrogen-bond donors (Lipinski definition) is 1. The summed E-state index contributed by atoms with van der Waals surface area (Å²) in [5.74, 6) is 0. The summed E-state index contributed by atoms with van der Waals surface area (Å²) in [4.78, 5) is 5.74. The Bertz CT molecular complexity index is 453. The topological polar surface area (TPSA) is 35.8 Å². The summed E-state index contributed by atoms with van der Waals surface area (Å²) in [6, 6.07) is 8.15.